The lowest BCUT2D eigenvalue weighted by Gasteiger charge is -2.13. The SMILES string of the molecule is O=C(NCC(O)c1ccccc1F)Nc1ccc(I)cc1. The van der Waals surface area contributed by atoms with Crippen molar-refractivity contribution in [2.75, 3.05) is 11.9 Å². The molecule has 4 nitrogen and oxygen atoms in total. The van der Waals surface area contributed by atoms with Crippen molar-refractivity contribution in [2.45, 2.75) is 6.10 Å². The predicted molar refractivity (Wildman–Crippen MR) is 87.5 cm³/mol. The minimum absolute atomic E-state index is 0.0723. The lowest BCUT2D eigenvalue weighted by Crippen LogP contribution is -2.32. The minimum atomic E-state index is -1.09. The Labute approximate surface area is 135 Å². The van der Waals surface area contributed by atoms with E-state index in [4.69, 9.17) is 0 Å². The minimum Gasteiger partial charge on any atom is -0.386 e. The monoisotopic (exact) mass is 400 g/mol. The summed E-state index contributed by atoms with van der Waals surface area (Å²) in [6.07, 6.45) is -1.09. The Morgan fingerprint density at radius 2 is 1.86 bits per heavy atom. The third-order valence-corrected chi connectivity index (χ3v) is 3.54. The van der Waals surface area contributed by atoms with Crippen molar-refractivity contribution >= 4 is 34.3 Å². The second kappa shape index (κ2) is 7.37. The largest absolute Gasteiger partial charge is 0.386 e. The zero-order valence-corrected chi connectivity index (χ0v) is 13.2. The van der Waals surface area contributed by atoms with Crippen LogP contribution >= 0.6 is 22.6 Å². The highest BCUT2D eigenvalue weighted by Crippen LogP contribution is 2.16. The van der Waals surface area contributed by atoms with Gasteiger partial charge < -0.3 is 15.7 Å². The van der Waals surface area contributed by atoms with Crippen LogP contribution in [-0.2, 0) is 0 Å². The van der Waals surface area contributed by atoms with E-state index >= 15 is 0 Å². The fourth-order valence-electron chi connectivity index (χ4n) is 1.75. The van der Waals surface area contributed by atoms with E-state index in [1.807, 2.05) is 12.1 Å². The van der Waals surface area contributed by atoms with Crippen molar-refractivity contribution in [3.05, 3.63) is 63.5 Å². The first-order chi connectivity index (χ1) is 10.1. The van der Waals surface area contributed by atoms with E-state index in [1.54, 1.807) is 24.3 Å². The Morgan fingerprint density at radius 1 is 1.19 bits per heavy atom. The topological polar surface area (TPSA) is 61.4 Å². The third-order valence-electron chi connectivity index (χ3n) is 2.82. The summed E-state index contributed by atoms with van der Waals surface area (Å²) in [4.78, 5) is 11.7. The Morgan fingerprint density at radius 3 is 2.52 bits per heavy atom. The zero-order valence-electron chi connectivity index (χ0n) is 11.0. The number of nitrogens with one attached hydrogen (secondary N) is 2. The Bertz CT molecular complexity index is 619. The van der Waals surface area contributed by atoms with Crippen molar-refractivity contribution in [3.63, 3.8) is 0 Å². The van der Waals surface area contributed by atoms with Crippen LogP contribution in [0.3, 0.4) is 0 Å². The van der Waals surface area contributed by atoms with Gasteiger partial charge in [0, 0.05) is 21.4 Å². The fourth-order valence-corrected chi connectivity index (χ4v) is 2.11. The quantitative estimate of drug-likeness (QED) is 0.690. The molecule has 1 atom stereocenters. The Balaban J connectivity index is 1.86. The molecule has 21 heavy (non-hydrogen) atoms. The van der Waals surface area contributed by atoms with Gasteiger partial charge in [-0.05, 0) is 52.9 Å². The summed E-state index contributed by atoms with van der Waals surface area (Å²) in [7, 11) is 0. The van der Waals surface area contributed by atoms with Gasteiger partial charge in [-0.3, -0.25) is 0 Å². The number of carbonyl (C=O) groups is 1. The average Bonchev–Trinajstić information content (AvgIpc) is 2.48. The number of hydrogen-bond donors (Lipinski definition) is 3. The van der Waals surface area contributed by atoms with Crippen molar-refractivity contribution < 1.29 is 14.3 Å². The molecule has 0 aliphatic rings. The lowest BCUT2D eigenvalue weighted by molar-refractivity contribution is 0.170. The molecule has 0 aliphatic carbocycles. The van der Waals surface area contributed by atoms with Gasteiger partial charge >= 0.3 is 6.03 Å². The van der Waals surface area contributed by atoms with Gasteiger partial charge in [0.25, 0.3) is 0 Å². The smallest absolute Gasteiger partial charge is 0.319 e. The van der Waals surface area contributed by atoms with Crippen LogP contribution in [0.15, 0.2) is 48.5 Å². The molecule has 0 radical (unpaired) electrons. The highest BCUT2D eigenvalue weighted by Gasteiger charge is 2.13. The number of urea groups is 1. The number of halogens is 2. The van der Waals surface area contributed by atoms with Crippen LogP contribution in [0.25, 0.3) is 0 Å². The molecule has 0 saturated carbocycles. The second-order valence-electron chi connectivity index (χ2n) is 4.38. The molecule has 0 aromatic heterocycles. The standard InChI is InChI=1S/C15H14FIN2O2/c16-13-4-2-1-3-12(13)14(20)9-18-15(21)19-11-7-5-10(17)6-8-11/h1-8,14,20H,9H2,(H2,18,19,21). The molecule has 3 N–H and O–H groups in total. The Hall–Kier alpha value is -1.67. The highest BCUT2D eigenvalue weighted by atomic mass is 127. The van der Waals surface area contributed by atoms with Crippen molar-refractivity contribution in [2.24, 2.45) is 0 Å². The molecule has 0 bridgehead atoms. The lowest BCUT2D eigenvalue weighted by atomic mass is 10.1. The first-order valence-corrected chi connectivity index (χ1v) is 7.37. The molecule has 0 aliphatic heterocycles. The maximum Gasteiger partial charge on any atom is 0.319 e. The summed E-state index contributed by atoms with van der Waals surface area (Å²) < 4.78 is 14.5. The molecule has 2 aromatic carbocycles. The molecule has 0 saturated heterocycles. The van der Waals surface area contributed by atoms with E-state index in [2.05, 4.69) is 33.2 Å². The second-order valence-corrected chi connectivity index (χ2v) is 5.62. The predicted octanol–water partition coefficient (Wildman–Crippen LogP) is 3.29. The van der Waals surface area contributed by atoms with Crippen LogP contribution in [0.5, 0.6) is 0 Å². The summed E-state index contributed by atoms with van der Waals surface area (Å²) in [6, 6.07) is 12.8. The maximum atomic E-state index is 13.5. The zero-order chi connectivity index (χ0) is 15.2. The van der Waals surface area contributed by atoms with E-state index in [0.717, 1.165) is 3.57 Å². The molecule has 110 valence electrons. The molecule has 0 heterocycles. The maximum absolute atomic E-state index is 13.5. The van der Waals surface area contributed by atoms with Gasteiger partial charge in [0.1, 0.15) is 5.82 Å². The summed E-state index contributed by atoms with van der Waals surface area (Å²) in [5.74, 6) is -0.496. The number of amides is 2. The van der Waals surface area contributed by atoms with Gasteiger partial charge in [-0.15, -0.1) is 0 Å². The fraction of sp³-hybridized carbons (Fsp3) is 0.133. The summed E-state index contributed by atoms with van der Waals surface area (Å²) in [5.41, 5.74) is 0.806. The molecular weight excluding hydrogens is 386 g/mol. The van der Waals surface area contributed by atoms with Crippen LogP contribution in [0.2, 0.25) is 0 Å². The molecule has 2 amide bonds. The first-order valence-electron chi connectivity index (χ1n) is 6.29. The molecule has 1 unspecified atom stereocenters. The van der Waals surface area contributed by atoms with Gasteiger partial charge in [0.2, 0.25) is 0 Å². The van der Waals surface area contributed by atoms with Crippen LogP contribution in [0.4, 0.5) is 14.9 Å². The van der Waals surface area contributed by atoms with E-state index in [-0.39, 0.29) is 12.1 Å². The van der Waals surface area contributed by atoms with Crippen LogP contribution in [0, 0.1) is 9.39 Å². The van der Waals surface area contributed by atoms with E-state index < -0.39 is 18.0 Å². The molecule has 6 heteroatoms. The highest BCUT2D eigenvalue weighted by molar-refractivity contribution is 14.1. The summed E-state index contributed by atoms with van der Waals surface area (Å²) >= 11 is 2.17. The summed E-state index contributed by atoms with van der Waals surface area (Å²) in [5, 5.41) is 15.0. The van der Waals surface area contributed by atoms with E-state index in [9.17, 15) is 14.3 Å². The van der Waals surface area contributed by atoms with Gasteiger partial charge in [0.05, 0.1) is 6.10 Å². The van der Waals surface area contributed by atoms with Gasteiger partial charge in [0.15, 0.2) is 0 Å². The molecule has 2 rings (SSSR count). The molecule has 2 aromatic rings. The van der Waals surface area contributed by atoms with Crippen molar-refractivity contribution in [1.82, 2.24) is 5.32 Å². The summed E-state index contributed by atoms with van der Waals surface area (Å²) in [6.45, 7) is -0.0723. The van der Waals surface area contributed by atoms with Crippen LogP contribution in [-0.4, -0.2) is 17.7 Å². The number of carbonyl (C=O) groups excluding carboxylic acids is 1. The Kier molecular flexibility index (Phi) is 5.51. The number of benzene rings is 2. The number of rotatable bonds is 4. The van der Waals surface area contributed by atoms with Gasteiger partial charge in [-0.2, -0.15) is 0 Å². The average molecular weight is 400 g/mol. The first kappa shape index (κ1) is 15.7. The number of anilines is 1. The van der Waals surface area contributed by atoms with Gasteiger partial charge in [-0.1, -0.05) is 18.2 Å². The normalized spacial score (nSPS) is 11.8. The van der Waals surface area contributed by atoms with E-state index in [0.29, 0.717) is 5.69 Å². The molecular formula is C15H14FIN2O2. The third kappa shape index (κ3) is 4.68. The number of aliphatic hydroxyl groups is 1. The molecule has 0 fully saturated rings. The van der Waals surface area contributed by atoms with E-state index in [1.165, 1.54) is 12.1 Å². The van der Waals surface area contributed by atoms with Crippen molar-refractivity contribution in [1.29, 1.82) is 0 Å². The molecule has 0 spiro atoms. The van der Waals surface area contributed by atoms with Crippen LogP contribution in [0.1, 0.15) is 11.7 Å². The van der Waals surface area contributed by atoms with Gasteiger partial charge in [-0.25, -0.2) is 9.18 Å². The number of hydrogen-bond acceptors (Lipinski definition) is 2. The van der Waals surface area contributed by atoms with Crippen molar-refractivity contribution in [3.8, 4) is 0 Å². The van der Waals surface area contributed by atoms with Crippen LogP contribution < -0.4 is 10.6 Å². The number of aliphatic hydroxyl groups excluding tert-OH is 1.